The van der Waals surface area contributed by atoms with Gasteiger partial charge in [-0.05, 0) is 86.3 Å². The van der Waals surface area contributed by atoms with Gasteiger partial charge < -0.3 is 4.90 Å². The lowest BCUT2D eigenvalue weighted by Crippen LogP contribution is -2.09. The molecule has 0 aromatic heterocycles. The summed E-state index contributed by atoms with van der Waals surface area (Å²) in [6, 6.07) is 32.5. The Hall–Kier alpha value is -3.58. The number of nitrogens with zero attached hydrogens (tertiary/aromatic N) is 1. The van der Waals surface area contributed by atoms with Gasteiger partial charge in [-0.15, -0.1) is 0 Å². The van der Waals surface area contributed by atoms with Crippen molar-refractivity contribution in [3.63, 3.8) is 0 Å². The van der Waals surface area contributed by atoms with Crippen molar-refractivity contribution in [2.24, 2.45) is 0 Å². The summed E-state index contributed by atoms with van der Waals surface area (Å²) in [6.45, 7) is 8.64. The largest absolute Gasteiger partial charge is 0.311 e. The summed E-state index contributed by atoms with van der Waals surface area (Å²) in [6.07, 6.45) is 4.43. The van der Waals surface area contributed by atoms with Crippen LogP contribution >= 0.6 is 0 Å². The first kappa shape index (κ1) is 20.7. The van der Waals surface area contributed by atoms with Crippen molar-refractivity contribution in [1.82, 2.24) is 0 Å². The number of para-hydroxylation sites is 1. The van der Waals surface area contributed by atoms with Crippen LogP contribution in [0.4, 0.5) is 17.1 Å². The first-order valence-electron chi connectivity index (χ1n) is 10.8. The topological polar surface area (TPSA) is 3.24 Å². The van der Waals surface area contributed by atoms with Crippen molar-refractivity contribution < 1.29 is 0 Å². The maximum absolute atomic E-state index is 2.29. The predicted molar refractivity (Wildman–Crippen MR) is 135 cm³/mol. The molecule has 0 spiro atoms. The Morgan fingerprint density at radius 1 is 0.516 bits per heavy atom. The molecule has 0 N–H and O–H groups in total. The van der Waals surface area contributed by atoms with Gasteiger partial charge in [0.2, 0.25) is 0 Å². The maximum atomic E-state index is 2.29. The summed E-state index contributed by atoms with van der Waals surface area (Å²) in [5.74, 6) is 0. The van der Waals surface area contributed by atoms with E-state index in [1.165, 1.54) is 33.4 Å². The highest BCUT2D eigenvalue weighted by molar-refractivity contribution is 5.78. The van der Waals surface area contributed by atoms with Gasteiger partial charge in [-0.2, -0.15) is 0 Å². The van der Waals surface area contributed by atoms with Crippen LogP contribution in [0, 0.1) is 27.7 Å². The summed E-state index contributed by atoms with van der Waals surface area (Å²) in [5.41, 5.74) is 11.2. The Kier molecular flexibility index (Phi) is 6.04. The van der Waals surface area contributed by atoms with E-state index >= 15 is 0 Å². The van der Waals surface area contributed by atoms with Crippen LogP contribution in [-0.4, -0.2) is 0 Å². The van der Waals surface area contributed by atoms with Crippen LogP contribution in [-0.2, 0) is 0 Å². The third kappa shape index (κ3) is 4.78. The molecule has 4 aromatic rings. The fourth-order valence-electron chi connectivity index (χ4n) is 4.09. The van der Waals surface area contributed by atoms with E-state index in [-0.39, 0.29) is 0 Å². The molecule has 0 amide bonds. The number of rotatable bonds is 5. The minimum absolute atomic E-state index is 1.15. The zero-order chi connectivity index (χ0) is 21.8. The molecule has 0 heterocycles. The molecule has 0 bridgehead atoms. The third-order valence-corrected chi connectivity index (χ3v) is 5.64. The molecule has 0 atom stereocenters. The van der Waals surface area contributed by atoms with Crippen LogP contribution in [0.1, 0.15) is 33.4 Å². The average Bonchev–Trinajstić information content (AvgIpc) is 2.76. The Morgan fingerprint density at radius 2 is 1.03 bits per heavy atom. The highest BCUT2D eigenvalue weighted by Crippen LogP contribution is 2.34. The fourth-order valence-corrected chi connectivity index (χ4v) is 4.09. The van der Waals surface area contributed by atoms with E-state index in [0.717, 1.165) is 17.1 Å². The van der Waals surface area contributed by atoms with Crippen molar-refractivity contribution in [1.29, 1.82) is 0 Å². The molecule has 0 radical (unpaired) electrons. The van der Waals surface area contributed by atoms with Crippen LogP contribution in [0.15, 0.2) is 91.0 Å². The third-order valence-electron chi connectivity index (χ3n) is 5.64. The molecule has 0 fully saturated rings. The lowest BCUT2D eigenvalue weighted by Gasteiger charge is -2.25. The van der Waals surface area contributed by atoms with Gasteiger partial charge in [0.05, 0.1) is 0 Å². The highest BCUT2D eigenvalue weighted by Gasteiger charge is 2.11. The van der Waals surface area contributed by atoms with Crippen molar-refractivity contribution in [3.8, 4) is 0 Å². The van der Waals surface area contributed by atoms with E-state index in [4.69, 9.17) is 0 Å². The van der Waals surface area contributed by atoms with E-state index in [0.29, 0.717) is 0 Å². The Labute approximate surface area is 186 Å². The van der Waals surface area contributed by atoms with Crippen LogP contribution in [0.3, 0.4) is 0 Å². The molecule has 0 saturated carbocycles. The van der Waals surface area contributed by atoms with Gasteiger partial charge >= 0.3 is 0 Å². The lowest BCUT2D eigenvalue weighted by molar-refractivity contribution is 1.27. The second kappa shape index (κ2) is 9.06. The maximum Gasteiger partial charge on any atom is 0.0462 e. The lowest BCUT2D eigenvalue weighted by atomic mass is 9.99. The second-order valence-electron chi connectivity index (χ2n) is 8.24. The summed E-state index contributed by atoms with van der Waals surface area (Å²) in [7, 11) is 0. The molecule has 31 heavy (non-hydrogen) atoms. The molecule has 4 aromatic carbocycles. The molecular formula is C30H29N. The monoisotopic (exact) mass is 403 g/mol. The SMILES string of the molecule is Cc1ccc(N(c2ccccc2)c2ccc(C=Cc3c(C)cc(C)cc3C)cc2)cc1. The first-order valence-corrected chi connectivity index (χ1v) is 10.8. The fraction of sp³-hybridized carbons (Fsp3) is 0.133. The molecule has 1 heteroatoms. The molecule has 4 rings (SSSR count). The van der Waals surface area contributed by atoms with Gasteiger partial charge in [0.25, 0.3) is 0 Å². The molecule has 0 unspecified atom stereocenters. The minimum Gasteiger partial charge on any atom is -0.311 e. The van der Waals surface area contributed by atoms with Gasteiger partial charge in [-0.3, -0.25) is 0 Å². The summed E-state index contributed by atoms with van der Waals surface area (Å²) in [4.78, 5) is 2.29. The first-order chi connectivity index (χ1) is 15.0. The number of anilines is 3. The average molecular weight is 404 g/mol. The van der Waals surface area contributed by atoms with Gasteiger partial charge in [0, 0.05) is 17.1 Å². The smallest absolute Gasteiger partial charge is 0.0462 e. The van der Waals surface area contributed by atoms with E-state index in [1.807, 2.05) is 0 Å². The molecule has 1 nitrogen and oxygen atoms in total. The summed E-state index contributed by atoms with van der Waals surface area (Å²) in [5, 5.41) is 0. The van der Waals surface area contributed by atoms with Crippen molar-refractivity contribution in [3.05, 3.63) is 124 Å². The number of hydrogen-bond donors (Lipinski definition) is 0. The zero-order valence-electron chi connectivity index (χ0n) is 18.8. The van der Waals surface area contributed by atoms with Crippen LogP contribution in [0.25, 0.3) is 12.2 Å². The van der Waals surface area contributed by atoms with Crippen molar-refractivity contribution in [2.75, 3.05) is 4.90 Å². The molecule has 0 saturated heterocycles. The van der Waals surface area contributed by atoms with E-state index in [1.54, 1.807) is 0 Å². The Morgan fingerprint density at radius 3 is 1.61 bits per heavy atom. The standard InChI is InChI=1S/C30H29N/c1-22-10-15-28(16-11-22)31(27-8-6-5-7-9-27)29-17-12-26(13-18-29)14-19-30-24(3)20-23(2)21-25(30)4/h5-21H,1-4H3. The van der Waals surface area contributed by atoms with Gasteiger partial charge in [0.15, 0.2) is 0 Å². The quantitative estimate of drug-likeness (QED) is 0.302. The van der Waals surface area contributed by atoms with Crippen LogP contribution < -0.4 is 4.90 Å². The second-order valence-corrected chi connectivity index (χ2v) is 8.24. The summed E-state index contributed by atoms with van der Waals surface area (Å²) < 4.78 is 0. The minimum atomic E-state index is 1.15. The Balaban J connectivity index is 1.65. The van der Waals surface area contributed by atoms with E-state index in [2.05, 4.69) is 136 Å². The van der Waals surface area contributed by atoms with Gasteiger partial charge in [-0.25, -0.2) is 0 Å². The number of aryl methyl sites for hydroxylation is 4. The van der Waals surface area contributed by atoms with Crippen LogP contribution in [0.5, 0.6) is 0 Å². The molecule has 0 aliphatic heterocycles. The normalized spacial score (nSPS) is 11.1. The Bertz CT molecular complexity index is 1160. The predicted octanol–water partition coefficient (Wildman–Crippen LogP) is 8.56. The highest BCUT2D eigenvalue weighted by atomic mass is 15.1. The van der Waals surface area contributed by atoms with Crippen LogP contribution in [0.2, 0.25) is 0 Å². The zero-order valence-corrected chi connectivity index (χ0v) is 18.8. The van der Waals surface area contributed by atoms with E-state index in [9.17, 15) is 0 Å². The molecule has 0 aliphatic carbocycles. The number of hydrogen-bond acceptors (Lipinski definition) is 1. The van der Waals surface area contributed by atoms with E-state index < -0.39 is 0 Å². The van der Waals surface area contributed by atoms with Crippen molar-refractivity contribution in [2.45, 2.75) is 27.7 Å². The molecule has 0 aliphatic rings. The van der Waals surface area contributed by atoms with Crippen molar-refractivity contribution >= 4 is 29.2 Å². The van der Waals surface area contributed by atoms with Gasteiger partial charge in [-0.1, -0.05) is 77.9 Å². The number of benzene rings is 4. The molecular weight excluding hydrogens is 374 g/mol. The summed E-state index contributed by atoms with van der Waals surface area (Å²) >= 11 is 0. The molecule has 154 valence electrons. The van der Waals surface area contributed by atoms with Gasteiger partial charge in [0.1, 0.15) is 0 Å².